The van der Waals surface area contributed by atoms with Crippen molar-refractivity contribution in [3.63, 3.8) is 0 Å². The number of nitrogens with zero attached hydrogens (tertiary/aromatic N) is 2. The Labute approximate surface area is 116 Å². The highest BCUT2D eigenvalue weighted by atomic mass is 19.1. The highest BCUT2D eigenvalue weighted by molar-refractivity contribution is 5.61. The van der Waals surface area contributed by atoms with Gasteiger partial charge in [-0.1, -0.05) is 18.5 Å². The molecule has 1 saturated carbocycles. The molecule has 1 aliphatic carbocycles. The summed E-state index contributed by atoms with van der Waals surface area (Å²) in [6.07, 6.45) is 4.55. The van der Waals surface area contributed by atoms with Crippen LogP contribution >= 0.6 is 0 Å². The molecule has 2 unspecified atom stereocenters. The summed E-state index contributed by atoms with van der Waals surface area (Å²) in [7, 11) is 0. The van der Waals surface area contributed by atoms with Crippen molar-refractivity contribution >= 4 is 0 Å². The van der Waals surface area contributed by atoms with Crippen LogP contribution in [0.15, 0.2) is 22.7 Å². The molecule has 106 valence electrons. The molecule has 1 aliphatic rings. The average molecular weight is 276 g/mol. The lowest BCUT2D eigenvalue weighted by molar-refractivity contribution is 0.409. The molecule has 0 saturated heterocycles. The van der Waals surface area contributed by atoms with Crippen molar-refractivity contribution in [3.05, 3.63) is 29.8 Å². The second-order valence-electron chi connectivity index (χ2n) is 5.40. The quantitative estimate of drug-likeness (QED) is 0.924. The topological polar surface area (TPSA) is 59.2 Å². The van der Waals surface area contributed by atoms with E-state index >= 15 is 0 Å². The van der Waals surface area contributed by atoms with Crippen LogP contribution in [0.4, 0.5) is 4.39 Å². The van der Waals surface area contributed by atoms with E-state index in [0.717, 1.165) is 24.8 Å². The van der Waals surface area contributed by atoms with E-state index in [1.54, 1.807) is 0 Å². The van der Waals surface area contributed by atoms with E-state index in [9.17, 15) is 9.50 Å². The van der Waals surface area contributed by atoms with E-state index in [2.05, 4.69) is 17.1 Å². The number of halogens is 1. The van der Waals surface area contributed by atoms with Crippen molar-refractivity contribution < 1.29 is 14.0 Å². The molecule has 2 aromatic rings. The zero-order valence-corrected chi connectivity index (χ0v) is 11.3. The van der Waals surface area contributed by atoms with E-state index in [4.69, 9.17) is 4.52 Å². The predicted molar refractivity (Wildman–Crippen MR) is 71.7 cm³/mol. The highest BCUT2D eigenvalue weighted by Crippen LogP contribution is 2.39. The Bertz CT molecular complexity index is 612. The van der Waals surface area contributed by atoms with Crippen LogP contribution < -0.4 is 0 Å². The summed E-state index contributed by atoms with van der Waals surface area (Å²) in [5.74, 6) is 1.34. The van der Waals surface area contributed by atoms with Gasteiger partial charge in [0.15, 0.2) is 5.82 Å². The van der Waals surface area contributed by atoms with Gasteiger partial charge >= 0.3 is 0 Å². The van der Waals surface area contributed by atoms with Crippen molar-refractivity contribution in [3.8, 4) is 17.2 Å². The van der Waals surface area contributed by atoms with Gasteiger partial charge in [-0.05, 0) is 37.3 Å². The molecule has 1 aromatic carbocycles. The molecule has 0 aliphatic heterocycles. The second-order valence-corrected chi connectivity index (χ2v) is 5.40. The maximum atomic E-state index is 13.0. The van der Waals surface area contributed by atoms with Gasteiger partial charge in [-0.15, -0.1) is 0 Å². The van der Waals surface area contributed by atoms with E-state index < -0.39 is 5.82 Å². The highest BCUT2D eigenvalue weighted by Gasteiger charge is 2.28. The van der Waals surface area contributed by atoms with Crippen LogP contribution in [0.1, 0.15) is 44.3 Å². The van der Waals surface area contributed by atoms with E-state index in [1.807, 2.05) is 0 Å². The van der Waals surface area contributed by atoms with E-state index in [1.165, 1.54) is 25.0 Å². The predicted octanol–water partition coefficient (Wildman–Crippen LogP) is 3.88. The summed E-state index contributed by atoms with van der Waals surface area (Å²) in [4.78, 5) is 4.36. The molecule has 20 heavy (non-hydrogen) atoms. The number of hydrogen-bond acceptors (Lipinski definition) is 4. The average Bonchev–Trinajstić information content (AvgIpc) is 3.07. The molecule has 5 heteroatoms. The number of aromatic nitrogens is 2. The third-order valence-electron chi connectivity index (χ3n) is 4.12. The molecular weight excluding hydrogens is 259 g/mol. The number of aromatic hydroxyl groups is 1. The number of rotatable bonds is 3. The molecule has 3 rings (SSSR count). The fourth-order valence-electron chi connectivity index (χ4n) is 2.88. The molecule has 0 spiro atoms. The fraction of sp³-hybridized carbons (Fsp3) is 0.467. The molecule has 0 amide bonds. The molecule has 1 N–H and O–H groups in total. The lowest BCUT2D eigenvalue weighted by Crippen LogP contribution is -1.97. The van der Waals surface area contributed by atoms with Crippen LogP contribution in [0.25, 0.3) is 11.5 Å². The van der Waals surface area contributed by atoms with Gasteiger partial charge in [0.2, 0.25) is 0 Å². The third kappa shape index (κ3) is 2.40. The minimum atomic E-state index is -0.493. The number of benzene rings is 1. The standard InChI is InChI=1S/C15H17FN2O2/c1-2-9-3-4-10(7-9)14-17-15(20-18-14)12-6-5-11(16)8-13(12)19/h5-6,8-10,19H,2-4,7H2,1H3. The van der Waals surface area contributed by atoms with Crippen LogP contribution in [0.5, 0.6) is 5.75 Å². The Kier molecular flexibility index (Phi) is 3.42. The van der Waals surface area contributed by atoms with Crippen molar-refractivity contribution in [2.75, 3.05) is 0 Å². The molecule has 1 aromatic heterocycles. The minimum absolute atomic E-state index is 0.182. The molecular formula is C15H17FN2O2. The first-order valence-corrected chi connectivity index (χ1v) is 7.00. The Morgan fingerprint density at radius 3 is 2.95 bits per heavy atom. The fourth-order valence-corrected chi connectivity index (χ4v) is 2.88. The first-order chi connectivity index (χ1) is 9.67. The third-order valence-corrected chi connectivity index (χ3v) is 4.12. The zero-order chi connectivity index (χ0) is 14.1. The molecule has 0 radical (unpaired) electrons. The van der Waals surface area contributed by atoms with Crippen LogP contribution in [-0.2, 0) is 0 Å². The lowest BCUT2D eigenvalue weighted by atomic mass is 10.0. The molecule has 4 nitrogen and oxygen atoms in total. The maximum absolute atomic E-state index is 13.0. The van der Waals surface area contributed by atoms with Gasteiger partial charge in [-0.3, -0.25) is 0 Å². The largest absolute Gasteiger partial charge is 0.507 e. The number of phenols is 1. The summed E-state index contributed by atoms with van der Waals surface area (Å²) in [6.45, 7) is 2.20. The molecule has 0 bridgehead atoms. The molecule has 2 atom stereocenters. The van der Waals surface area contributed by atoms with Gasteiger partial charge in [-0.2, -0.15) is 4.98 Å². The van der Waals surface area contributed by atoms with Crippen molar-refractivity contribution in [1.29, 1.82) is 0 Å². The number of hydrogen-bond donors (Lipinski definition) is 1. The summed E-state index contributed by atoms with van der Waals surface area (Å²) in [6, 6.07) is 3.76. The smallest absolute Gasteiger partial charge is 0.261 e. The normalized spacial score (nSPS) is 22.3. The Morgan fingerprint density at radius 1 is 1.40 bits per heavy atom. The monoisotopic (exact) mass is 276 g/mol. The van der Waals surface area contributed by atoms with Gasteiger partial charge in [0.25, 0.3) is 5.89 Å². The second kappa shape index (κ2) is 5.23. The van der Waals surface area contributed by atoms with E-state index in [0.29, 0.717) is 17.3 Å². The summed E-state index contributed by atoms with van der Waals surface area (Å²) in [5.41, 5.74) is 0.371. The first-order valence-electron chi connectivity index (χ1n) is 7.00. The summed E-state index contributed by atoms with van der Waals surface area (Å²) in [5, 5.41) is 13.7. The summed E-state index contributed by atoms with van der Waals surface area (Å²) >= 11 is 0. The van der Waals surface area contributed by atoms with Gasteiger partial charge < -0.3 is 9.63 Å². The van der Waals surface area contributed by atoms with Gasteiger partial charge in [0.1, 0.15) is 11.6 Å². The van der Waals surface area contributed by atoms with Crippen LogP contribution in [0.2, 0.25) is 0 Å². The first kappa shape index (κ1) is 13.1. The Balaban J connectivity index is 1.83. The van der Waals surface area contributed by atoms with Gasteiger partial charge in [0, 0.05) is 12.0 Å². The molecule has 1 heterocycles. The van der Waals surface area contributed by atoms with Gasteiger partial charge in [-0.25, -0.2) is 4.39 Å². The van der Waals surface area contributed by atoms with Crippen molar-refractivity contribution in [2.45, 2.75) is 38.5 Å². The Hall–Kier alpha value is -1.91. The van der Waals surface area contributed by atoms with Crippen LogP contribution in [0, 0.1) is 11.7 Å². The van der Waals surface area contributed by atoms with E-state index in [-0.39, 0.29) is 11.6 Å². The lowest BCUT2D eigenvalue weighted by Gasteiger charge is -2.04. The zero-order valence-electron chi connectivity index (χ0n) is 11.3. The van der Waals surface area contributed by atoms with Gasteiger partial charge in [0.05, 0.1) is 5.56 Å². The number of phenolic OH excluding ortho intramolecular Hbond substituents is 1. The SMILES string of the molecule is CCC1CCC(c2noc(-c3ccc(F)cc3O)n2)C1. The van der Waals surface area contributed by atoms with Crippen molar-refractivity contribution in [2.24, 2.45) is 5.92 Å². The Morgan fingerprint density at radius 2 is 2.25 bits per heavy atom. The summed E-state index contributed by atoms with van der Waals surface area (Å²) < 4.78 is 18.2. The van der Waals surface area contributed by atoms with Crippen LogP contribution in [0.3, 0.4) is 0 Å². The minimum Gasteiger partial charge on any atom is -0.507 e. The molecule has 1 fully saturated rings. The maximum Gasteiger partial charge on any atom is 0.261 e. The van der Waals surface area contributed by atoms with Crippen LogP contribution in [-0.4, -0.2) is 15.2 Å². The van der Waals surface area contributed by atoms with Crippen molar-refractivity contribution in [1.82, 2.24) is 10.1 Å².